The van der Waals surface area contributed by atoms with Gasteiger partial charge in [-0.1, -0.05) is 32.4 Å². The second-order valence-electron chi connectivity index (χ2n) is 10.8. The SMILES string of the molecule is CCCC(C)(C)NC(=O)C1C(=O)[C@@]2(O)C(=O)C3=C(O)c4c(O)cccc4[C@H](C)[C@H]3[C@H](O)[C@H]2CC1O. The molecule has 6 N–H and O–H groups in total. The number of amides is 1. The van der Waals surface area contributed by atoms with Crippen molar-refractivity contribution < 1.29 is 39.9 Å². The number of Topliss-reactive ketones (excluding diaryl/α,β-unsaturated/α-hetero) is 2. The maximum Gasteiger partial charge on any atom is 0.233 e. The third-order valence-electron chi connectivity index (χ3n) is 7.99. The van der Waals surface area contributed by atoms with Crippen LogP contribution in [0.3, 0.4) is 0 Å². The Morgan fingerprint density at radius 3 is 2.49 bits per heavy atom. The minimum atomic E-state index is -2.81. The van der Waals surface area contributed by atoms with E-state index in [1.54, 1.807) is 32.9 Å². The molecule has 0 saturated heterocycles. The zero-order valence-electron chi connectivity index (χ0n) is 20.3. The number of hydrogen-bond acceptors (Lipinski definition) is 8. The zero-order chi connectivity index (χ0) is 26.0. The van der Waals surface area contributed by atoms with Gasteiger partial charge in [-0.25, -0.2) is 0 Å². The van der Waals surface area contributed by atoms with Crippen molar-refractivity contribution in [3.8, 4) is 5.75 Å². The fourth-order valence-corrected chi connectivity index (χ4v) is 6.33. The van der Waals surface area contributed by atoms with Gasteiger partial charge in [-0.3, -0.25) is 14.4 Å². The lowest BCUT2D eigenvalue weighted by molar-refractivity contribution is -0.187. The predicted octanol–water partition coefficient (Wildman–Crippen LogP) is 1.33. The van der Waals surface area contributed by atoms with Crippen LogP contribution in [0.1, 0.15) is 64.0 Å². The Morgan fingerprint density at radius 1 is 1.20 bits per heavy atom. The monoisotopic (exact) mass is 487 g/mol. The molecule has 3 aliphatic rings. The molecule has 190 valence electrons. The molecule has 0 bridgehead atoms. The van der Waals surface area contributed by atoms with E-state index in [2.05, 4.69) is 5.32 Å². The van der Waals surface area contributed by atoms with E-state index < -0.39 is 70.3 Å². The summed E-state index contributed by atoms with van der Waals surface area (Å²) in [5, 5.41) is 57.7. The normalized spacial score (nSPS) is 34.7. The van der Waals surface area contributed by atoms with Gasteiger partial charge in [0.15, 0.2) is 11.4 Å². The van der Waals surface area contributed by atoms with Gasteiger partial charge in [0, 0.05) is 22.9 Å². The number of fused-ring (bicyclic) bond motifs is 3. The Kier molecular flexibility index (Phi) is 6.10. The molecule has 0 aliphatic heterocycles. The molecule has 0 heterocycles. The van der Waals surface area contributed by atoms with Gasteiger partial charge in [0.05, 0.1) is 17.8 Å². The zero-order valence-corrected chi connectivity index (χ0v) is 20.3. The van der Waals surface area contributed by atoms with Crippen molar-refractivity contribution in [3.63, 3.8) is 0 Å². The molecule has 1 aromatic rings. The molecule has 2 saturated carbocycles. The van der Waals surface area contributed by atoms with Crippen molar-refractivity contribution in [1.82, 2.24) is 5.32 Å². The van der Waals surface area contributed by atoms with Gasteiger partial charge in [0.1, 0.15) is 17.4 Å². The number of benzene rings is 1. The lowest BCUT2D eigenvalue weighted by Gasteiger charge is -2.52. The highest BCUT2D eigenvalue weighted by atomic mass is 16.3. The first-order valence-corrected chi connectivity index (χ1v) is 12.0. The van der Waals surface area contributed by atoms with Gasteiger partial charge in [-0.15, -0.1) is 0 Å². The third kappa shape index (κ3) is 3.59. The van der Waals surface area contributed by atoms with E-state index in [0.717, 1.165) is 6.42 Å². The van der Waals surface area contributed by atoms with E-state index in [9.17, 15) is 39.9 Å². The van der Waals surface area contributed by atoms with Crippen LogP contribution in [0.4, 0.5) is 0 Å². The molecule has 7 atom stereocenters. The standard InChI is InChI=1S/C26H33NO8/c1-5-9-25(3,4)27-24(34)18-15(29)10-13-20(30)16-11(2)12-7-6-8-14(28)17(12)21(31)19(16)23(33)26(13,35)22(18)32/h6-8,11,13,15-16,18,20,28-31,35H,5,9-10H2,1-4H3,(H,27,34)/t11-,13+,15?,16+,18?,20+,26+/m0/s1. The van der Waals surface area contributed by atoms with Crippen LogP contribution in [0.15, 0.2) is 23.8 Å². The smallest absolute Gasteiger partial charge is 0.233 e. The van der Waals surface area contributed by atoms with Gasteiger partial charge in [0.25, 0.3) is 0 Å². The van der Waals surface area contributed by atoms with Crippen molar-refractivity contribution >= 4 is 23.2 Å². The Balaban J connectivity index is 1.80. The Hall–Kier alpha value is -2.75. The summed E-state index contributed by atoms with van der Waals surface area (Å²) in [5.41, 5.74) is -3.34. The van der Waals surface area contributed by atoms with Crippen LogP contribution in [-0.2, 0) is 14.4 Å². The summed E-state index contributed by atoms with van der Waals surface area (Å²) in [6.45, 7) is 7.18. The lowest BCUT2D eigenvalue weighted by Crippen LogP contribution is -2.71. The van der Waals surface area contributed by atoms with E-state index in [-0.39, 0.29) is 23.3 Å². The molecule has 2 fully saturated rings. The minimum absolute atomic E-state index is 0.00718. The largest absolute Gasteiger partial charge is 0.507 e. The Morgan fingerprint density at radius 2 is 1.86 bits per heavy atom. The van der Waals surface area contributed by atoms with Crippen LogP contribution in [0.25, 0.3) is 5.76 Å². The number of carbonyl (C=O) groups is 3. The third-order valence-corrected chi connectivity index (χ3v) is 7.99. The molecule has 35 heavy (non-hydrogen) atoms. The van der Waals surface area contributed by atoms with E-state index in [0.29, 0.717) is 12.0 Å². The fraction of sp³-hybridized carbons (Fsp3) is 0.577. The summed E-state index contributed by atoms with van der Waals surface area (Å²) in [6, 6.07) is 4.57. The Labute approximate surface area is 203 Å². The molecule has 9 heteroatoms. The highest BCUT2D eigenvalue weighted by molar-refractivity contribution is 6.25. The van der Waals surface area contributed by atoms with E-state index >= 15 is 0 Å². The van der Waals surface area contributed by atoms with Gasteiger partial charge < -0.3 is 30.8 Å². The quantitative estimate of drug-likeness (QED) is 0.346. The van der Waals surface area contributed by atoms with Crippen molar-refractivity contribution in [2.45, 2.75) is 76.2 Å². The summed E-state index contributed by atoms with van der Waals surface area (Å²) in [7, 11) is 0. The first-order valence-electron chi connectivity index (χ1n) is 12.0. The molecule has 1 amide bonds. The maximum absolute atomic E-state index is 13.7. The molecule has 0 spiro atoms. The van der Waals surface area contributed by atoms with Crippen molar-refractivity contribution in [3.05, 3.63) is 34.9 Å². The number of aromatic hydroxyl groups is 1. The topological polar surface area (TPSA) is 164 Å². The van der Waals surface area contributed by atoms with Crippen molar-refractivity contribution in [2.24, 2.45) is 17.8 Å². The molecular formula is C26H33NO8. The first kappa shape index (κ1) is 25.3. The van der Waals surface area contributed by atoms with Crippen molar-refractivity contribution in [1.29, 1.82) is 0 Å². The van der Waals surface area contributed by atoms with Gasteiger partial charge >= 0.3 is 0 Å². The molecule has 9 nitrogen and oxygen atoms in total. The van der Waals surface area contributed by atoms with Crippen LogP contribution < -0.4 is 5.32 Å². The number of phenolic OH excluding ortho intramolecular Hbond substituents is 1. The summed E-state index contributed by atoms with van der Waals surface area (Å²) in [4.78, 5) is 40.3. The number of phenols is 1. The highest BCUT2D eigenvalue weighted by Gasteiger charge is 2.67. The summed E-state index contributed by atoms with van der Waals surface area (Å²) in [6.07, 6.45) is -1.98. The number of ketones is 2. The summed E-state index contributed by atoms with van der Waals surface area (Å²) < 4.78 is 0. The molecule has 2 unspecified atom stereocenters. The highest BCUT2D eigenvalue weighted by Crippen LogP contribution is 2.55. The predicted molar refractivity (Wildman–Crippen MR) is 125 cm³/mol. The van der Waals surface area contributed by atoms with Gasteiger partial charge in [0.2, 0.25) is 11.7 Å². The molecule has 0 radical (unpaired) electrons. The van der Waals surface area contributed by atoms with Crippen LogP contribution in [0.5, 0.6) is 5.75 Å². The molecule has 4 rings (SSSR count). The Bertz CT molecular complexity index is 1120. The van der Waals surface area contributed by atoms with E-state index in [4.69, 9.17) is 0 Å². The summed E-state index contributed by atoms with van der Waals surface area (Å²) >= 11 is 0. The number of nitrogens with one attached hydrogen (secondary N) is 1. The van der Waals surface area contributed by atoms with Gasteiger partial charge in [-0.05, 0) is 44.2 Å². The van der Waals surface area contributed by atoms with Crippen molar-refractivity contribution in [2.75, 3.05) is 0 Å². The molecule has 3 aliphatic carbocycles. The number of aliphatic hydroxyl groups excluding tert-OH is 3. The average molecular weight is 488 g/mol. The minimum Gasteiger partial charge on any atom is -0.507 e. The number of rotatable bonds is 4. The molecule has 1 aromatic carbocycles. The van der Waals surface area contributed by atoms with Crippen LogP contribution in [-0.4, -0.2) is 66.4 Å². The van der Waals surface area contributed by atoms with E-state index in [1.807, 2.05) is 6.92 Å². The number of aliphatic hydroxyl groups is 4. The van der Waals surface area contributed by atoms with Crippen LogP contribution in [0, 0.1) is 17.8 Å². The van der Waals surface area contributed by atoms with Crippen LogP contribution in [0.2, 0.25) is 0 Å². The average Bonchev–Trinajstić information content (AvgIpc) is 2.76. The molecular weight excluding hydrogens is 454 g/mol. The van der Waals surface area contributed by atoms with Crippen LogP contribution >= 0.6 is 0 Å². The lowest BCUT2D eigenvalue weighted by atomic mass is 9.53. The number of hydrogen-bond donors (Lipinski definition) is 6. The molecule has 0 aromatic heterocycles. The second-order valence-corrected chi connectivity index (χ2v) is 10.8. The van der Waals surface area contributed by atoms with Gasteiger partial charge in [-0.2, -0.15) is 0 Å². The number of carbonyl (C=O) groups excluding carboxylic acids is 3. The first-order chi connectivity index (χ1) is 16.3. The second kappa shape index (κ2) is 8.43. The van der Waals surface area contributed by atoms with E-state index in [1.165, 1.54) is 6.07 Å². The maximum atomic E-state index is 13.7. The summed E-state index contributed by atoms with van der Waals surface area (Å²) in [5.74, 6) is -8.63. The fourth-order valence-electron chi connectivity index (χ4n) is 6.33.